The number of ether oxygens (including phenoxy) is 1. The maximum atomic E-state index is 12.2. The largest absolute Gasteiger partial charge is 0.384 e. The van der Waals surface area contributed by atoms with E-state index in [4.69, 9.17) is 10.5 Å². The summed E-state index contributed by atoms with van der Waals surface area (Å²) in [6.45, 7) is 2.39. The van der Waals surface area contributed by atoms with Crippen LogP contribution in [0.1, 0.15) is 23.8 Å². The quantitative estimate of drug-likeness (QED) is 0.903. The van der Waals surface area contributed by atoms with Crippen LogP contribution in [0.15, 0.2) is 17.5 Å². The lowest BCUT2D eigenvalue weighted by Gasteiger charge is -2.33. The third-order valence-electron chi connectivity index (χ3n) is 3.44. The first-order valence-corrected chi connectivity index (χ1v) is 7.17. The van der Waals surface area contributed by atoms with Gasteiger partial charge in [-0.1, -0.05) is 6.07 Å². The minimum atomic E-state index is -0.496. The van der Waals surface area contributed by atoms with Crippen molar-refractivity contribution < 1.29 is 9.53 Å². The summed E-state index contributed by atoms with van der Waals surface area (Å²) in [6, 6.07) is 3.35. The number of likely N-dealkylation sites (tertiary alicyclic amines) is 1. The molecule has 1 atom stereocenters. The van der Waals surface area contributed by atoms with Crippen LogP contribution < -0.4 is 5.73 Å². The van der Waals surface area contributed by atoms with Gasteiger partial charge in [-0.05, 0) is 30.2 Å². The number of nitrogens with two attached hydrogens (primary N) is 1. The Morgan fingerprint density at radius 3 is 2.89 bits per heavy atom. The minimum absolute atomic E-state index is 0.0494. The summed E-state index contributed by atoms with van der Waals surface area (Å²) in [7, 11) is 1.73. The number of methoxy groups -OCH3 is 1. The average Bonchev–Trinajstić information content (AvgIpc) is 2.92. The molecule has 5 heteroatoms. The summed E-state index contributed by atoms with van der Waals surface area (Å²) < 4.78 is 5.16. The average molecular weight is 268 g/mol. The number of rotatable bonds is 4. The third-order valence-corrected chi connectivity index (χ3v) is 4.40. The molecule has 0 bridgehead atoms. The van der Waals surface area contributed by atoms with Gasteiger partial charge in [-0.2, -0.15) is 0 Å². The molecule has 0 aliphatic carbocycles. The minimum Gasteiger partial charge on any atom is -0.384 e. The van der Waals surface area contributed by atoms with E-state index in [0.717, 1.165) is 37.4 Å². The zero-order valence-corrected chi connectivity index (χ0v) is 11.5. The Bertz CT molecular complexity index is 372. The first kappa shape index (κ1) is 13.5. The molecule has 2 rings (SSSR count). The molecule has 1 unspecified atom stereocenters. The van der Waals surface area contributed by atoms with Crippen LogP contribution in [0, 0.1) is 5.92 Å². The van der Waals surface area contributed by atoms with E-state index in [1.807, 2.05) is 22.4 Å². The number of hydrogen-bond acceptors (Lipinski definition) is 4. The van der Waals surface area contributed by atoms with Crippen molar-refractivity contribution in [1.29, 1.82) is 0 Å². The van der Waals surface area contributed by atoms with Gasteiger partial charge in [0.25, 0.3) is 0 Å². The number of hydrogen-bond donors (Lipinski definition) is 1. The highest BCUT2D eigenvalue weighted by molar-refractivity contribution is 7.10. The Hall–Kier alpha value is -0.910. The topological polar surface area (TPSA) is 55.6 Å². The molecular weight excluding hydrogens is 248 g/mol. The monoisotopic (exact) mass is 268 g/mol. The van der Waals surface area contributed by atoms with Crippen LogP contribution in [0.4, 0.5) is 0 Å². The van der Waals surface area contributed by atoms with Gasteiger partial charge in [0.05, 0.1) is 0 Å². The maximum Gasteiger partial charge on any atom is 0.244 e. The normalized spacial score (nSPS) is 18.9. The van der Waals surface area contributed by atoms with Gasteiger partial charge in [0.15, 0.2) is 0 Å². The molecule has 1 aromatic heterocycles. The SMILES string of the molecule is COCC1CCN(C(=O)C(N)c2cccs2)CC1. The Labute approximate surface area is 112 Å². The molecule has 100 valence electrons. The van der Waals surface area contributed by atoms with Crippen LogP contribution in [0.5, 0.6) is 0 Å². The van der Waals surface area contributed by atoms with Crippen LogP contribution in [0.2, 0.25) is 0 Å². The van der Waals surface area contributed by atoms with Gasteiger partial charge in [0.2, 0.25) is 5.91 Å². The summed E-state index contributed by atoms with van der Waals surface area (Å²) in [6.07, 6.45) is 2.02. The van der Waals surface area contributed by atoms with Crippen molar-refractivity contribution in [3.8, 4) is 0 Å². The molecule has 4 nitrogen and oxygen atoms in total. The number of thiophene rings is 1. The van der Waals surface area contributed by atoms with E-state index in [-0.39, 0.29) is 5.91 Å². The standard InChI is InChI=1S/C13H20N2O2S/c1-17-9-10-4-6-15(7-5-10)13(16)12(14)11-3-2-8-18-11/h2-3,8,10,12H,4-7,9,14H2,1H3. The van der Waals surface area contributed by atoms with Gasteiger partial charge in [-0.15, -0.1) is 11.3 Å². The van der Waals surface area contributed by atoms with Gasteiger partial charge in [0, 0.05) is 31.7 Å². The van der Waals surface area contributed by atoms with E-state index in [0.29, 0.717) is 5.92 Å². The molecule has 1 aliphatic rings. The fraction of sp³-hybridized carbons (Fsp3) is 0.615. The summed E-state index contributed by atoms with van der Waals surface area (Å²) in [5.74, 6) is 0.630. The highest BCUT2D eigenvalue weighted by Crippen LogP contribution is 2.23. The second kappa shape index (κ2) is 6.31. The van der Waals surface area contributed by atoms with E-state index in [2.05, 4.69) is 0 Å². The smallest absolute Gasteiger partial charge is 0.244 e. The van der Waals surface area contributed by atoms with E-state index in [1.165, 1.54) is 11.3 Å². The Morgan fingerprint density at radius 2 is 2.33 bits per heavy atom. The molecule has 1 saturated heterocycles. The van der Waals surface area contributed by atoms with Gasteiger partial charge < -0.3 is 15.4 Å². The Balaban J connectivity index is 1.87. The van der Waals surface area contributed by atoms with Crippen molar-refractivity contribution in [2.75, 3.05) is 26.8 Å². The molecule has 18 heavy (non-hydrogen) atoms. The van der Waals surface area contributed by atoms with Crippen LogP contribution in [-0.2, 0) is 9.53 Å². The van der Waals surface area contributed by atoms with E-state index < -0.39 is 6.04 Å². The lowest BCUT2D eigenvalue weighted by molar-refractivity contribution is -0.134. The molecule has 0 aromatic carbocycles. The van der Waals surface area contributed by atoms with Crippen LogP contribution in [0.3, 0.4) is 0 Å². The molecule has 2 N–H and O–H groups in total. The fourth-order valence-corrected chi connectivity index (χ4v) is 3.06. The molecule has 0 radical (unpaired) electrons. The van der Waals surface area contributed by atoms with Crippen molar-refractivity contribution in [2.45, 2.75) is 18.9 Å². The molecule has 1 amide bonds. The van der Waals surface area contributed by atoms with Crippen molar-refractivity contribution in [2.24, 2.45) is 11.7 Å². The summed E-state index contributed by atoms with van der Waals surface area (Å²) in [5, 5.41) is 1.95. The number of carbonyl (C=O) groups excluding carboxylic acids is 1. The summed E-state index contributed by atoms with van der Waals surface area (Å²) in [4.78, 5) is 15.1. The molecule has 0 saturated carbocycles. The Kier molecular flexibility index (Phi) is 4.74. The van der Waals surface area contributed by atoms with Gasteiger partial charge >= 0.3 is 0 Å². The van der Waals surface area contributed by atoms with Crippen molar-refractivity contribution in [3.63, 3.8) is 0 Å². The first-order chi connectivity index (χ1) is 8.72. The maximum absolute atomic E-state index is 12.2. The predicted molar refractivity (Wildman–Crippen MR) is 72.4 cm³/mol. The van der Waals surface area contributed by atoms with Gasteiger partial charge in [0.1, 0.15) is 6.04 Å². The summed E-state index contributed by atoms with van der Waals surface area (Å²) in [5.41, 5.74) is 6.00. The van der Waals surface area contributed by atoms with Crippen molar-refractivity contribution >= 4 is 17.2 Å². The number of nitrogens with zero attached hydrogens (tertiary/aromatic N) is 1. The van der Waals surface area contributed by atoms with E-state index in [9.17, 15) is 4.79 Å². The predicted octanol–water partition coefficient (Wildman–Crippen LogP) is 1.63. The zero-order chi connectivity index (χ0) is 13.0. The van der Waals surface area contributed by atoms with Crippen LogP contribution in [0.25, 0.3) is 0 Å². The molecular formula is C13H20N2O2S. The molecule has 2 heterocycles. The first-order valence-electron chi connectivity index (χ1n) is 6.29. The molecule has 1 fully saturated rings. The lowest BCUT2D eigenvalue weighted by atomic mass is 9.97. The van der Waals surface area contributed by atoms with Gasteiger partial charge in [-0.3, -0.25) is 4.79 Å². The fourth-order valence-electron chi connectivity index (χ4n) is 2.34. The molecule has 0 spiro atoms. The number of carbonyl (C=O) groups is 1. The van der Waals surface area contributed by atoms with Crippen molar-refractivity contribution in [3.05, 3.63) is 22.4 Å². The highest BCUT2D eigenvalue weighted by atomic mass is 32.1. The van der Waals surface area contributed by atoms with E-state index >= 15 is 0 Å². The second-order valence-electron chi connectivity index (χ2n) is 4.72. The zero-order valence-electron chi connectivity index (χ0n) is 10.7. The van der Waals surface area contributed by atoms with Crippen LogP contribution >= 0.6 is 11.3 Å². The number of piperidine rings is 1. The second-order valence-corrected chi connectivity index (χ2v) is 5.70. The highest BCUT2D eigenvalue weighted by Gasteiger charge is 2.27. The van der Waals surface area contributed by atoms with Gasteiger partial charge in [-0.25, -0.2) is 0 Å². The van der Waals surface area contributed by atoms with Crippen LogP contribution in [-0.4, -0.2) is 37.6 Å². The third kappa shape index (κ3) is 3.10. The van der Waals surface area contributed by atoms with E-state index in [1.54, 1.807) is 7.11 Å². The van der Waals surface area contributed by atoms with Crippen molar-refractivity contribution in [1.82, 2.24) is 4.90 Å². The lowest BCUT2D eigenvalue weighted by Crippen LogP contribution is -2.43. The molecule has 1 aromatic rings. The number of amides is 1. The molecule has 1 aliphatic heterocycles. The Morgan fingerprint density at radius 1 is 1.61 bits per heavy atom. The summed E-state index contributed by atoms with van der Waals surface area (Å²) >= 11 is 1.54.